The molecule has 0 bridgehead atoms. The molecule has 0 unspecified atom stereocenters. The van der Waals surface area contributed by atoms with Crippen molar-refractivity contribution in [3.05, 3.63) is 29.8 Å². The lowest BCUT2D eigenvalue weighted by Crippen LogP contribution is -2.44. The molecular weight excluding hydrogens is 314 g/mol. The quantitative estimate of drug-likeness (QED) is 0.870. The highest BCUT2D eigenvalue weighted by atomic mass is 32.2. The van der Waals surface area contributed by atoms with E-state index in [9.17, 15) is 13.2 Å². The molecule has 0 spiro atoms. The van der Waals surface area contributed by atoms with Gasteiger partial charge in [0.2, 0.25) is 15.9 Å². The van der Waals surface area contributed by atoms with Crippen LogP contribution in [0.1, 0.15) is 18.4 Å². The molecule has 0 aliphatic carbocycles. The molecule has 2 rings (SSSR count). The van der Waals surface area contributed by atoms with Gasteiger partial charge in [0.05, 0.1) is 12.2 Å². The zero-order valence-corrected chi connectivity index (χ0v) is 14.8. The molecule has 1 N–H and O–H groups in total. The smallest absolute Gasteiger partial charge is 0.224 e. The fourth-order valence-electron chi connectivity index (χ4n) is 2.74. The predicted octanol–water partition coefficient (Wildman–Crippen LogP) is 1.04. The van der Waals surface area contributed by atoms with E-state index < -0.39 is 10.0 Å². The Labute approximate surface area is 138 Å². The molecule has 1 atom stereocenters. The van der Waals surface area contributed by atoms with Crippen LogP contribution in [0.5, 0.6) is 0 Å². The van der Waals surface area contributed by atoms with Crippen LogP contribution in [0.4, 0.5) is 5.69 Å². The zero-order chi connectivity index (χ0) is 17.0. The van der Waals surface area contributed by atoms with Crippen LogP contribution in [0.3, 0.4) is 0 Å². The third-order valence-electron chi connectivity index (χ3n) is 4.12. The summed E-state index contributed by atoms with van der Waals surface area (Å²) in [6.07, 6.45) is 2.65. The van der Waals surface area contributed by atoms with E-state index in [2.05, 4.69) is 5.32 Å². The third kappa shape index (κ3) is 4.94. The Morgan fingerprint density at radius 1 is 1.39 bits per heavy atom. The Balaban J connectivity index is 1.93. The molecule has 7 heteroatoms. The topological polar surface area (TPSA) is 69.7 Å². The summed E-state index contributed by atoms with van der Waals surface area (Å²) in [6.45, 7) is 1.24. The number of carbonyl (C=O) groups excluding carboxylic acids is 1. The second-order valence-electron chi connectivity index (χ2n) is 6.24. The van der Waals surface area contributed by atoms with Gasteiger partial charge in [0.15, 0.2) is 0 Å². The lowest BCUT2D eigenvalue weighted by molar-refractivity contribution is -0.126. The normalized spacial score (nSPS) is 19.3. The summed E-state index contributed by atoms with van der Waals surface area (Å²) >= 11 is 0. The fraction of sp³-hybridized carbons (Fsp3) is 0.562. The maximum Gasteiger partial charge on any atom is 0.224 e. The van der Waals surface area contributed by atoms with Crippen molar-refractivity contribution in [1.82, 2.24) is 9.62 Å². The average Bonchev–Trinajstić information content (AvgIpc) is 2.52. The van der Waals surface area contributed by atoms with Crippen molar-refractivity contribution in [3.63, 3.8) is 0 Å². The van der Waals surface area contributed by atoms with Crippen LogP contribution in [-0.4, -0.2) is 52.1 Å². The average molecular weight is 339 g/mol. The number of nitrogens with zero attached hydrogens (tertiary/aromatic N) is 2. The maximum atomic E-state index is 12.3. The van der Waals surface area contributed by atoms with Gasteiger partial charge in [-0.3, -0.25) is 4.79 Å². The van der Waals surface area contributed by atoms with Crippen molar-refractivity contribution in [2.45, 2.75) is 19.4 Å². The summed E-state index contributed by atoms with van der Waals surface area (Å²) in [6, 6.07) is 7.97. The molecule has 128 valence electrons. The molecular formula is C16H25N3O3S. The van der Waals surface area contributed by atoms with Gasteiger partial charge in [-0.1, -0.05) is 12.1 Å². The van der Waals surface area contributed by atoms with E-state index in [1.807, 2.05) is 43.3 Å². The van der Waals surface area contributed by atoms with Crippen LogP contribution >= 0.6 is 0 Å². The van der Waals surface area contributed by atoms with Crippen LogP contribution in [0.25, 0.3) is 0 Å². The van der Waals surface area contributed by atoms with E-state index in [1.165, 1.54) is 10.6 Å². The molecule has 0 aromatic heterocycles. The third-order valence-corrected chi connectivity index (χ3v) is 5.39. The molecule has 1 fully saturated rings. The maximum absolute atomic E-state index is 12.3. The van der Waals surface area contributed by atoms with Gasteiger partial charge in [-0.15, -0.1) is 0 Å². The Morgan fingerprint density at radius 2 is 2.13 bits per heavy atom. The van der Waals surface area contributed by atoms with Crippen LogP contribution in [0.15, 0.2) is 24.3 Å². The summed E-state index contributed by atoms with van der Waals surface area (Å²) in [4.78, 5) is 14.3. The fourth-order valence-corrected chi connectivity index (χ4v) is 3.65. The van der Waals surface area contributed by atoms with E-state index in [-0.39, 0.29) is 18.4 Å². The first-order valence-electron chi connectivity index (χ1n) is 7.76. The summed E-state index contributed by atoms with van der Waals surface area (Å²) in [5, 5.41) is 2.93. The van der Waals surface area contributed by atoms with Crippen molar-refractivity contribution in [2.24, 2.45) is 5.92 Å². The van der Waals surface area contributed by atoms with Crippen molar-refractivity contribution in [1.29, 1.82) is 0 Å². The van der Waals surface area contributed by atoms with Gasteiger partial charge in [0.1, 0.15) is 0 Å². The van der Waals surface area contributed by atoms with Gasteiger partial charge in [0, 0.05) is 39.4 Å². The molecule has 1 amide bonds. The van der Waals surface area contributed by atoms with Gasteiger partial charge < -0.3 is 10.2 Å². The first-order valence-corrected chi connectivity index (χ1v) is 9.61. The predicted molar refractivity (Wildman–Crippen MR) is 91.8 cm³/mol. The molecule has 1 saturated heterocycles. The molecule has 23 heavy (non-hydrogen) atoms. The second-order valence-corrected chi connectivity index (χ2v) is 8.22. The summed E-state index contributed by atoms with van der Waals surface area (Å²) in [5.74, 6) is -0.343. The van der Waals surface area contributed by atoms with Gasteiger partial charge >= 0.3 is 0 Å². The van der Waals surface area contributed by atoms with Crippen LogP contribution in [0.2, 0.25) is 0 Å². The van der Waals surface area contributed by atoms with Gasteiger partial charge in [-0.25, -0.2) is 12.7 Å². The molecule has 6 nitrogen and oxygen atoms in total. The number of piperidine rings is 1. The van der Waals surface area contributed by atoms with Gasteiger partial charge in [-0.2, -0.15) is 0 Å². The van der Waals surface area contributed by atoms with Crippen molar-refractivity contribution < 1.29 is 13.2 Å². The van der Waals surface area contributed by atoms with E-state index in [0.717, 1.165) is 24.1 Å². The Bertz CT molecular complexity index is 658. The number of rotatable bonds is 5. The van der Waals surface area contributed by atoms with Crippen molar-refractivity contribution in [3.8, 4) is 0 Å². The number of benzene rings is 1. The van der Waals surface area contributed by atoms with Crippen LogP contribution in [-0.2, 0) is 21.4 Å². The standard InChI is InChI=1S/C16H25N3O3S/c1-18(2)15-8-4-6-13(10-15)11-17-16(20)14-7-5-9-19(12-14)23(3,21)22/h4,6,8,10,14H,5,7,9,11-12H2,1-3H3,(H,17,20)/t14-/m1/s1. The molecule has 1 aliphatic heterocycles. The minimum Gasteiger partial charge on any atom is -0.378 e. The van der Waals surface area contributed by atoms with E-state index in [1.54, 1.807) is 0 Å². The molecule has 1 aliphatic rings. The number of amides is 1. The van der Waals surface area contributed by atoms with Crippen LogP contribution < -0.4 is 10.2 Å². The minimum atomic E-state index is -3.23. The largest absolute Gasteiger partial charge is 0.378 e. The number of carbonyl (C=O) groups is 1. The van der Waals surface area contributed by atoms with E-state index >= 15 is 0 Å². The number of hydrogen-bond donors (Lipinski definition) is 1. The Hall–Kier alpha value is -1.60. The minimum absolute atomic E-state index is 0.0754. The summed E-state index contributed by atoms with van der Waals surface area (Å²) < 4.78 is 24.6. The molecule has 0 saturated carbocycles. The lowest BCUT2D eigenvalue weighted by Gasteiger charge is -2.30. The number of hydrogen-bond acceptors (Lipinski definition) is 4. The first-order chi connectivity index (χ1) is 10.8. The lowest BCUT2D eigenvalue weighted by atomic mass is 9.98. The molecule has 1 heterocycles. The highest BCUT2D eigenvalue weighted by Gasteiger charge is 2.29. The summed E-state index contributed by atoms with van der Waals surface area (Å²) in [7, 11) is 0.717. The van der Waals surface area contributed by atoms with Crippen molar-refractivity contribution in [2.75, 3.05) is 38.3 Å². The Kier molecular flexibility index (Phi) is 5.64. The number of nitrogens with one attached hydrogen (secondary N) is 1. The molecule has 0 radical (unpaired) electrons. The first kappa shape index (κ1) is 17.7. The van der Waals surface area contributed by atoms with E-state index in [4.69, 9.17) is 0 Å². The zero-order valence-electron chi connectivity index (χ0n) is 13.9. The van der Waals surface area contributed by atoms with Gasteiger partial charge in [-0.05, 0) is 30.5 Å². The monoisotopic (exact) mass is 339 g/mol. The SMILES string of the molecule is CN(C)c1cccc(CNC(=O)[C@@H]2CCCN(S(C)(=O)=O)C2)c1. The van der Waals surface area contributed by atoms with Crippen molar-refractivity contribution >= 4 is 21.6 Å². The second kappa shape index (κ2) is 7.31. The highest BCUT2D eigenvalue weighted by molar-refractivity contribution is 7.88. The highest BCUT2D eigenvalue weighted by Crippen LogP contribution is 2.19. The van der Waals surface area contributed by atoms with E-state index in [0.29, 0.717) is 13.1 Å². The molecule has 1 aromatic carbocycles. The Morgan fingerprint density at radius 3 is 2.78 bits per heavy atom. The number of sulfonamides is 1. The summed E-state index contributed by atoms with van der Waals surface area (Å²) in [5.41, 5.74) is 2.11. The molecule has 1 aromatic rings. The van der Waals surface area contributed by atoms with Gasteiger partial charge in [0.25, 0.3) is 0 Å². The van der Waals surface area contributed by atoms with Crippen LogP contribution in [0, 0.1) is 5.92 Å². The number of anilines is 1.